The molecule has 1 aliphatic heterocycles. The van der Waals surface area contributed by atoms with Gasteiger partial charge in [-0.05, 0) is 67.8 Å². The molecule has 1 saturated heterocycles. The molecule has 164 valence electrons. The number of aryl methyl sites for hydroxylation is 3. The lowest BCUT2D eigenvalue weighted by Gasteiger charge is -2.23. The number of Topliss-reactive ketones (excluding diaryl/α,β-unsaturated/α-hetero) is 1. The number of rotatable bonds is 3. The van der Waals surface area contributed by atoms with Crippen LogP contribution in [0.1, 0.15) is 33.9 Å². The zero-order chi connectivity index (χ0) is 23.3. The molecule has 0 radical (unpaired) electrons. The van der Waals surface area contributed by atoms with E-state index in [1.807, 2.05) is 57.2 Å². The van der Waals surface area contributed by atoms with Crippen LogP contribution < -0.4 is 4.90 Å². The number of carbonyl (C=O) groups is 2. The summed E-state index contributed by atoms with van der Waals surface area (Å²) < 4.78 is 0.926. The van der Waals surface area contributed by atoms with E-state index >= 15 is 0 Å². The zero-order valence-electron chi connectivity index (χ0n) is 18.4. The fraction of sp³-hybridized carbons (Fsp3) is 0.154. The highest BCUT2D eigenvalue weighted by Gasteiger charge is 2.48. The van der Waals surface area contributed by atoms with Crippen molar-refractivity contribution in [2.45, 2.75) is 26.8 Å². The van der Waals surface area contributed by atoms with Gasteiger partial charge in [-0.3, -0.25) is 19.5 Å². The lowest BCUT2D eigenvalue weighted by atomic mass is 9.94. The minimum absolute atomic E-state index is 0.0512. The van der Waals surface area contributed by atoms with Gasteiger partial charge in [0.15, 0.2) is 5.13 Å². The van der Waals surface area contributed by atoms with E-state index in [1.165, 1.54) is 16.2 Å². The number of hydrogen-bond acceptors (Lipinski definition) is 6. The summed E-state index contributed by atoms with van der Waals surface area (Å²) in [5, 5.41) is 11.7. The molecule has 0 aliphatic carbocycles. The first kappa shape index (κ1) is 21.0. The number of fused-ring (bicyclic) bond motifs is 1. The van der Waals surface area contributed by atoms with Crippen molar-refractivity contribution >= 4 is 44.1 Å². The van der Waals surface area contributed by atoms with Crippen molar-refractivity contribution in [1.82, 2.24) is 9.97 Å². The maximum Gasteiger partial charge on any atom is 0.301 e. The van der Waals surface area contributed by atoms with E-state index in [0.717, 1.165) is 26.9 Å². The zero-order valence-corrected chi connectivity index (χ0v) is 19.2. The number of nitrogens with zero attached hydrogens (tertiary/aromatic N) is 3. The number of aliphatic hydroxyl groups is 1. The van der Waals surface area contributed by atoms with Crippen LogP contribution in [0.3, 0.4) is 0 Å². The van der Waals surface area contributed by atoms with E-state index in [4.69, 9.17) is 0 Å². The molecule has 6 nitrogen and oxygen atoms in total. The first-order valence-electron chi connectivity index (χ1n) is 10.5. The Morgan fingerprint density at radius 2 is 1.67 bits per heavy atom. The largest absolute Gasteiger partial charge is 0.507 e. The number of thiazole rings is 1. The summed E-state index contributed by atoms with van der Waals surface area (Å²) in [4.78, 5) is 36.7. The monoisotopic (exact) mass is 455 g/mol. The van der Waals surface area contributed by atoms with Crippen LogP contribution in [0.25, 0.3) is 16.0 Å². The smallest absolute Gasteiger partial charge is 0.301 e. The number of anilines is 1. The van der Waals surface area contributed by atoms with E-state index in [0.29, 0.717) is 16.3 Å². The van der Waals surface area contributed by atoms with E-state index in [2.05, 4.69) is 9.97 Å². The number of ketones is 1. The second kappa shape index (κ2) is 7.94. The molecule has 1 amide bonds. The van der Waals surface area contributed by atoms with Gasteiger partial charge >= 0.3 is 5.91 Å². The van der Waals surface area contributed by atoms with Gasteiger partial charge in [0.25, 0.3) is 5.78 Å². The SMILES string of the molecule is Cc1ccc(C)c(/C(O)=C2\C(=O)C(=O)N(c3nc4ccc(C)cc4s3)C2c2ccncc2)c1. The molecule has 0 spiro atoms. The number of carbonyl (C=O) groups excluding carboxylic acids is 2. The van der Waals surface area contributed by atoms with Gasteiger partial charge in [-0.15, -0.1) is 0 Å². The topological polar surface area (TPSA) is 83.4 Å². The van der Waals surface area contributed by atoms with Gasteiger partial charge in [0.2, 0.25) is 0 Å². The maximum atomic E-state index is 13.3. The van der Waals surface area contributed by atoms with Gasteiger partial charge < -0.3 is 5.11 Å². The van der Waals surface area contributed by atoms with Gasteiger partial charge in [0.1, 0.15) is 5.76 Å². The number of benzene rings is 2. The summed E-state index contributed by atoms with van der Waals surface area (Å²) in [7, 11) is 0. The van der Waals surface area contributed by atoms with Crippen molar-refractivity contribution in [2.75, 3.05) is 4.90 Å². The summed E-state index contributed by atoms with van der Waals surface area (Å²) in [6.07, 6.45) is 3.21. The Morgan fingerprint density at radius 1 is 0.970 bits per heavy atom. The van der Waals surface area contributed by atoms with Crippen molar-refractivity contribution in [3.05, 3.63) is 94.3 Å². The summed E-state index contributed by atoms with van der Waals surface area (Å²) in [5.74, 6) is -1.62. The lowest BCUT2D eigenvalue weighted by Crippen LogP contribution is -2.29. The average Bonchev–Trinajstić information content (AvgIpc) is 3.33. The van der Waals surface area contributed by atoms with Crippen molar-refractivity contribution in [2.24, 2.45) is 0 Å². The molecular formula is C26H21N3O3S. The standard InChI is InChI=1S/C26H21N3O3S/c1-14-4-6-16(3)18(12-14)23(30)21-22(17-8-10-27-11-9-17)29(25(32)24(21)31)26-28-19-7-5-15(2)13-20(19)33-26/h4-13,22,30H,1-3H3/b23-21+. The van der Waals surface area contributed by atoms with Crippen LogP contribution >= 0.6 is 11.3 Å². The van der Waals surface area contributed by atoms with Crippen LogP contribution in [0, 0.1) is 20.8 Å². The first-order valence-corrected chi connectivity index (χ1v) is 11.3. The Morgan fingerprint density at radius 3 is 2.42 bits per heavy atom. The quantitative estimate of drug-likeness (QED) is 0.259. The minimum atomic E-state index is -0.811. The highest BCUT2D eigenvalue weighted by atomic mass is 32.1. The second-order valence-corrected chi connectivity index (χ2v) is 9.24. The van der Waals surface area contributed by atoms with E-state index in [-0.39, 0.29) is 11.3 Å². The summed E-state index contributed by atoms with van der Waals surface area (Å²) in [6.45, 7) is 5.77. The molecule has 1 N–H and O–H groups in total. The fourth-order valence-corrected chi connectivity index (χ4v) is 5.24. The van der Waals surface area contributed by atoms with Crippen molar-refractivity contribution in [3.8, 4) is 0 Å². The van der Waals surface area contributed by atoms with Crippen LogP contribution in [0.4, 0.5) is 5.13 Å². The highest BCUT2D eigenvalue weighted by molar-refractivity contribution is 7.22. The Labute approximate surface area is 194 Å². The molecular weight excluding hydrogens is 434 g/mol. The third kappa shape index (κ3) is 3.50. The summed E-state index contributed by atoms with van der Waals surface area (Å²) in [6, 6.07) is 14.2. The number of amides is 1. The van der Waals surface area contributed by atoms with Gasteiger partial charge in [-0.2, -0.15) is 0 Å². The number of hydrogen-bond donors (Lipinski definition) is 1. The predicted molar refractivity (Wildman–Crippen MR) is 129 cm³/mol. The minimum Gasteiger partial charge on any atom is -0.507 e. The molecule has 2 aromatic carbocycles. The number of aromatic nitrogens is 2. The van der Waals surface area contributed by atoms with Gasteiger partial charge in [0.05, 0.1) is 21.8 Å². The summed E-state index contributed by atoms with van der Waals surface area (Å²) >= 11 is 1.35. The Hall–Kier alpha value is -3.84. The third-order valence-corrected chi connectivity index (χ3v) is 6.87. The highest BCUT2D eigenvalue weighted by Crippen LogP contribution is 2.44. The molecule has 0 bridgehead atoms. The van der Waals surface area contributed by atoms with Gasteiger partial charge in [0, 0.05) is 18.0 Å². The molecule has 2 aromatic heterocycles. The Balaban J connectivity index is 1.75. The Bertz CT molecular complexity index is 1460. The van der Waals surface area contributed by atoms with E-state index < -0.39 is 17.7 Å². The van der Waals surface area contributed by atoms with Crippen molar-refractivity contribution in [3.63, 3.8) is 0 Å². The molecule has 7 heteroatoms. The van der Waals surface area contributed by atoms with Crippen LogP contribution in [0.2, 0.25) is 0 Å². The number of pyridine rings is 1. The molecule has 0 saturated carbocycles. The van der Waals surface area contributed by atoms with Crippen molar-refractivity contribution < 1.29 is 14.7 Å². The van der Waals surface area contributed by atoms with Gasteiger partial charge in [-0.1, -0.05) is 35.1 Å². The van der Waals surface area contributed by atoms with E-state index in [9.17, 15) is 14.7 Å². The lowest BCUT2D eigenvalue weighted by molar-refractivity contribution is -0.132. The molecule has 5 rings (SSSR count). The normalized spacial score (nSPS) is 17.8. The first-order chi connectivity index (χ1) is 15.8. The fourth-order valence-electron chi connectivity index (χ4n) is 4.15. The molecule has 1 atom stereocenters. The second-order valence-electron chi connectivity index (χ2n) is 8.24. The Kier molecular flexibility index (Phi) is 5.06. The molecule has 1 aliphatic rings. The van der Waals surface area contributed by atoms with E-state index in [1.54, 1.807) is 24.5 Å². The van der Waals surface area contributed by atoms with Crippen molar-refractivity contribution in [1.29, 1.82) is 0 Å². The molecule has 33 heavy (non-hydrogen) atoms. The average molecular weight is 456 g/mol. The molecule has 1 unspecified atom stereocenters. The van der Waals surface area contributed by atoms with Crippen LogP contribution in [-0.4, -0.2) is 26.8 Å². The predicted octanol–water partition coefficient (Wildman–Crippen LogP) is 5.24. The molecule has 1 fully saturated rings. The third-order valence-electron chi connectivity index (χ3n) is 5.85. The summed E-state index contributed by atoms with van der Waals surface area (Å²) in [5.41, 5.74) is 4.85. The van der Waals surface area contributed by atoms with Crippen LogP contribution in [0.5, 0.6) is 0 Å². The maximum absolute atomic E-state index is 13.3. The van der Waals surface area contributed by atoms with Crippen LogP contribution in [-0.2, 0) is 9.59 Å². The molecule has 4 aromatic rings. The van der Waals surface area contributed by atoms with Gasteiger partial charge in [-0.25, -0.2) is 4.98 Å². The molecule has 3 heterocycles. The number of aliphatic hydroxyl groups excluding tert-OH is 1. The van der Waals surface area contributed by atoms with Crippen LogP contribution in [0.15, 0.2) is 66.5 Å².